The number of esters is 1. The minimum absolute atomic E-state index is 0.387. The van der Waals surface area contributed by atoms with E-state index >= 15 is 0 Å². The van der Waals surface area contributed by atoms with Gasteiger partial charge in [-0.05, 0) is 12.1 Å². The molecule has 0 radical (unpaired) electrons. The molecule has 148 valence electrons. The van der Waals surface area contributed by atoms with E-state index < -0.39 is 7.05 Å². The monoisotopic (exact) mass is 411 g/mol. The van der Waals surface area contributed by atoms with Crippen LogP contribution in [0.25, 0.3) is 0 Å². The molecule has 0 aliphatic carbocycles. The largest absolute Gasteiger partial charge is 0.465 e. The number of nitrogens with zero attached hydrogens (tertiary/aromatic N) is 1. The van der Waals surface area contributed by atoms with Crippen LogP contribution in [0.4, 0.5) is 5.69 Å². The van der Waals surface area contributed by atoms with Crippen molar-refractivity contribution in [2.24, 2.45) is 4.74 Å². The SMILES string of the molecule is COC(=O)c1ccccc1N=P(c1ccccc1)(c1ccccc1)c1ccccc1. The van der Waals surface area contributed by atoms with E-state index in [1.807, 2.05) is 72.8 Å². The summed E-state index contributed by atoms with van der Waals surface area (Å²) in [4.78, 5) is 12.5. The topological polar surface area (TPSA) is 38.7 Å². The Labute approximate surface area is 177 Å². The van der Waals surface area contributed by atoms with Crippen LogP contribution in [0.1, 0.15) is 10.4 Å². The van der Waals surface area contributed by atoms with Gasteiger partial charge in [0.05, 0.1) is 25.4 Å². The molecule has 0 aromatic heterocycles. The lowest BCUT2D eigenvalue weighted by molar-refractivity contribution is 0.0602. The molecule has 30 heavy (non-hydrogen) atoms. The van der Waals surface area contributed by atoms with Crippen LogP contribution in [-0.4, -0.2) is 13.1 Å². The number of benzene rings is 4. The predicted molar refractivity (Wildman–Crippen MR) is 125 cm³/mol. The second-order valence-corrected chi connectivity index (χ2v) is 9.77. The van der Waals surface area contributed by atoms with Gasteiger partial charge >= 0.3 is 5.97 Å². The van der Waals surface area contributed by atoms with Crippen LogP contribution in [0.2, 0.25) is 0 Å². The first-order valence-electron chi connectivity index (χ1n) is 9.72. The smallest absolute Gasteiger partial charge is 0.340 e. The molecule has 0 saturated carbocycles. The van der Waals surface area contributed by atoms with Gasteiger partial charge < -0.3 is 4.74 Å². The average Bonchev–Trinajstić information content (AvgIpc) is 2.84. The van der Waals surface area contributed by atoms with Gasteiger partial charge in [0.15, 0.2) is 0 Å². The number of rotatable bonds is 5. The molecule has 0 bridgehead atoms. The van der Waals surface area contributed by atoms with Gasteiger partial charge in [0.2, 0.25) is 0 Å². The van der Waals surface area contributed by atoms with Crippen molar-refractivity contribution in [1.82, 2.24) is 0 Å². The molecule has 0 aliphatic rings. The predicted octanol–water partition coefficient (Wildman–Crippen LogP) is 5.28. The van der Waals surface area contributed by atoms with Crippen LogP contribution in [-0.2, 0) is 4.74 Å². The Balaban J connectivity index is 2.15. The van der Waals surface area contributed by atoms with Crippen LogP contribution < -0.4 is 15.9 Å². The fourth-order valence-corrected chi connectivity index (χ4v) is 7.11. The first-order valence-corrected chi connectivity index (χ1v) is 11.5. The summed E-state index contributed by atoms with van der Waals surface area (Å²) >= 11 is 0. The Kier molecular flexibility index (Phi) is 5.92. The van der Waals surface area contributed by atoms with Crippen molar-refractivity contribution in [3.8, 4) is 0 Å². The zero-order valence-electron chi connectivity index (χ0n) is 16.7. The summed E-state index contributed by atoms with van der Waals surface area (Å²) in [5.41, 5.74) is 1.10. The van der Waals surface area contributed by atoms with Gasteiger partial charge in [-0.3, -0.25) is 4.74 Å². The summed E-state index contributed by atoms with van der Waals surface area (Å²) in [6, 6.07) is 38.4. The van der Waals surface area contributed by atoms with E-state index in [9.17, 15) is 4.79 Å². The molecular formula is C26H22NO2P. The Bertz CT molecular complexity index is 1090. The molecule has 0 spiro atoms. The standard InChI is InChI=1S/C26H22NO2P/c1-29-26(28)24-19-11-12-20-25(24)27-30(21-13-5-2-6-14-21,22-15-7-3-8-16-22)23-17-9-4-10-18-23/h2-20H,1H3. The molecule has 0 N–H and O–H groups in total. The van der Waals surface area contributed by atoms with E-state index in [4.69, 9.17) is 9.48 Å². The number of methoxy groups -OCH3 is 1. The normalized spacial score (nSPS) is 11.0. The summed E-state index contributed by atoms with van der Waals surface area (Å²) in [6.07, 6.45) is 0. The summed E-state index contributed by atoms with van der Waals surface area (Å²) < 4.78 is 10.4. The molecule has 0 saturated heterocycles. The van der Waals surface area contributed by atoms with Crippen LogP contribution >= 0.6 is 7.05 Å². The fraction of sp³-hybridized carbons (Fsp3) is 0.0385. The lowest BCUT2D eigenvalue weighted by atomic mass is 10.2. The molecule has 4 heteroatoms. The maximum atomic E-state index is 12.5. The second-order valence-electron chi connectivity index (χ2n) is 6.75. The van der Waals surface area contributed by atoms with Gasteiger partial charge in [-0.2, -0.15) is 0 Å². The molecule has 4 aromatic rings. The van der Waals surface area contributed by atoms with E-state index in [1.165, 1.54) is 7.11 Å². The Morgan fingerprint density at radius 3 is 1.47 bits per heavy atom. The van der Waals surface area contributed by atoms with Crippen molar-refractivity contribution in [3.63, 3.8) is 0 Å². The first kappa shape index (κ1) is 19.9. The van der Waals surface area contributed by atoms with Crippen molar-refractivity contribution >= 4 is 34.6 Å². The van der Waals surface area contributed by atoms with Crippen molar-refractivity contribution in [1.29, 1.82) is 0 Å². The van der Waals surface area contributed by atoms with E-state index in [0.717, 1.165) is 15.9 Å². The van der Waals surface area contributed by atoms with Gasteiger partial charge in [-0.1, -0.05) is 103 Å². The number of hydrogen-bond donors (Lipinski definition) is 0. The zero-order chi connectivity index (χ0) is 20.8. The van der Waals surface area contributed by atoms with Crippen LogP contribution in [0.15, 0.2) is 120 Å². The van der Waals surface area contributed by atoms with E-state index in [0.29, 0.717) is 11.3 Å². The van der Waals surface area contributed by atoms with Gasteiger partial charge in [0.1, 0.15) is 0 Å². The Hall–Kier alpha value is -3.42. The van der Waals surface area contributed by atoms with E-state index in [-0.39, 0.29) is 5.97 Å². The number of ether oxygens (including phenoxy) is 1. The highest BCUT2D eigenvalue weighted by molar-refractivity contribution is 7.87. The zero-order valence-corrected chi connectivity index (χ0v) is 17.6. The minimum Gasteiger partial charge on any atom is -0.465 e. The number of hydrogen-bond acceptors (Lipinski definition) is 3. The maximum absolute atomic E-state index is 12.5. The molecule has 0 heterocycles. The van der Waals surface area contributed by atoms with Gasteiger partial charge in [-0.25, -0.2) is 4.79 Å². The molecule has 0 unspecified atom stereocenters. The summed E-state index contributed by atoms with van der Waals surface area (Å²) in [5, 5.41) is 3.38. The third-order valence-electron chi connectivity index (χ3n) is 4.96. The molecule has 0 aliphatic heterocycles. The van der Waals surface area contributed by atoms with Crippen LogP contribution in [0, 0.1) is 0 Å². The average molecular weight is 411 g/mol. The second kappa shape index (κ2) is 8.94. The molecule has 4 rings (SSSR count). The minimum atomic E-state index is -2.44. The Morgan fingerprint density at radius 2 is 1.03 bits per heavy atom. The van der Waals surface area contributed by atoms with Gasteiger partial charge in [0, 0.05) is 15.9 Å². The maximum Gasteiger partial charge on any atom is 0.340 e. The van der Waals surface area contributed by atoms with Gasteiger partial charge in [-0.15, -0.1) is 0 Å². The third-order valence-corrected chi connectivity index (χ3v) is 8.61. The van der Waals surface area contributed by atoms with Crippen molar-refractivity contribution in [2.45, 2.75) is 0 Å². The molecule has 0 fully saturated rings. The van der Waals surface area contributed by atoms with E-state index in [2.05, 4.69) is 36.4 Å². The molecule has 4 aromatic carbocycles. The Morgan fingerprint density at radius 1 is 0.633 bits per heavy atom. The lowest BCUT2D eigenvalue weighted by Crippen LogP contribution is -2.25. The highest BCUT2D eigenvalue weighted by Crippen LogP contribution is 2.49. The summed E-state index contributed by atoms with van der Waals surface area (Å²) in [6.45, 7) is 0. The van der Waals surface area contributed by atoms with Crippen molar-refractivity contribution < 1.29 is 9.53 Å². The van der Waals surface area contributed by atoms with Crippen molar-refractivity contribution in [3.05, 3.63) is 121 Å². The highest BCUT2D eigenvalue weighted by Gasteiger charge is 2.28. The third kappa shape index (κ3) is 3.72. The first-order chi connectivity index (χ1) is 14.8. The van der Waals surface area contributed by atoms with Crippen LogP contribution in [0.5, 0.6) is 0 Å². The van der Waals surface area contributed by atoms with Crippen molar-refractivity contribution in [2.75, 3.05) is 7.11 Å². The molecule has 0 amide bonds. The quantitative estimate of drug-likeness (QED) is 0.331. The fourth-order valence-electron chi connectivity index (χ4n) is 3.56. The van der Waals surface area contributed by atoms with Gasteiger partial charge in [0.25, 0.3) is 0 Å². The summed E-state index contributed by atoms with van der Waals surface area (Å²) in [5.74, 6) is -0.387. The molecule has 0 atom stereocenters. The highest BCUT2D eigenvalue weighted by atomic mass is 31.2. The molecule has 3 nitrogen and oxygen atoms in total. The number of carbonyl (C=O) groups excluding carboxylic acids is 1. The number of carbonyl (C=O) groups is 1. The van der Waals surface area contributed by atoms with E-state index in [1.54, 1.807) is 6.07 Å². The lowest BCUT2D eigenvalue weighted by Gasteiger charge is -2.27. The molecular weight excluding hydrogens is 389 g/mol. The summed E-state index contributed by atoms with van der Waals surface area (Å²) in [7, 11) is -1.04. The van der Waals surface area contributed by atoms with Crippen LogP contribution in [0.3, 0.4) is 0 Å².